The average Bonchev–Trinajstić information content (AvgIpc) is 3.05. The van der Waals surface area contributed by atoms with Crippen molar-refractivity contribution in [3.63, 3.8) is 0 Å². The second-order valence-corrected chi connectivity index (χ2v) is 7.29. The molecule has 2 amide bonds. The molecule has 1 aliphatic rings. The number of aromatic amines is 1. The molecular formula is C22H27N3O2. The van der Waals surface area contributed by atoms with Gasteiger partial charge in [-0.2, -0.15) is 0 Å². The number of hydrogen-bond donors (Lipinski definition) is 2. The van der Waals surface area contributed by atoms with E-state index in [1.54, 1.807) is 7.11 Å². The largest absolute Gasteiger partial charge is 0.497 e. The molecule has 5 heteroatoms. The molecule has 2 aromatic carbocycles. The van der Waals surface area contributed by atoms with E-state index in [0.717, 1.165) is 28.9 Å². The summed E-state index contributed by atoms with van der Waals surface area (Å²) in [6.45, 7) is 4.65. The SMILES string of the molecule is COc1ccc(C2c3[nH]c4ccccc4c3CCN2C(=O)NC(C)C)cc1.[HH]. The number of methoxy groups -OCH3 is 1. The lowest BCUT2D eigenvalue weighted by Crippen LogP contribution is -2.47. The van der Waals surface area contributed by atoms with E-state index in [4.69, 9.17) is 4.74 Å². The van der Waals surface area contributed by atoms with E-state index in [1.165, 1.54) is 10.9 Å². The van der Waals surface area contributed by atoms with Gasteiger partial charge in [0.2, 0.25) is 0 Å². The number of fused-ring (bicyclic) bond motifs is 3. The minimum Gasteiger partial charge on any atom is -0.497 e. The van der Waals surface area contributed by atoms with Crippen molar-refractivity contribution >= 4 is 16.9 Å². The van der Waals surface area contributed by atoms with E-state index in [0.29, 0.717) is 6.54 Å². The number of amides is 2. The number of carbonyl (C=O) groups is 1. The van der Waals surface area contributed by atoms with E-state index in [1.807, 2.05) is 49.1 Å². The molecule has 27 heavy (non-hydrogen) atoms. The maximum Gasteiger partial charge on any atom is 0.318 e. The summed E-state index contributed by atoms with van der Waals surface area (Å²) in [4.78, 5) is 18.4. The summed E-state index contributed by atoms with van der Waals surface area (Å²) in [5.41, 5.74) is 4.60. The first-order valence-corrected chi connectivity index (χ1v) is 9.39. The van der Waals surface area contributed by atoms with Crippen LogP contribution in [0, 0.1) is 0 Å². The van der Waals surface area contributed by atoms with Crippen LogP contribution in [0.4, 0.5) is 4.79 Å². The van der Waals surface area contributed by atoms with Crippen LogP contribution in [0.5, 0.6) is 5.75 Å². The molecule has 2 heterocycles. The van der Waals surface area contributed by atoms with Crippen LogP contribution in [0.25, 0.3) is 10.9 Å². The van der Waals surface area contributed by atoms with Crippen LogP contribution < -0.4 is 10.1 Å². The Morgan fingerprint density at radius 2 is 1.96 bits per heavy atom. The van der Waals surface area contributed by atoms with E-state index >= 15 is 0 Å². The molecule has 0 saturated heterocycles. The van der Waals surface area contributed by atoms with Gasteiger partial charge in [0.25, 0.3) is 0 Å². The Bertz CT molecular complexity index is 966. The smallest absolute Gasteiger partial charge is 0.318 e. The fraction of sp³-hybridized carbons (Fsp3) is 0.318. The number of ether oxygens (including phenoxy) is 1. The van der Waals surface area contributed by atoms with Crippen LogP contribution in [-0.2, 0) is 6.42 Å². The fourth-order valence-corrected chi connectivity index (χ4v) is 3.92. The Kier molecular flexibility index (Phi) is 4.52. The molecule has 5 nitrogen and oxygen atoms in total. The zero-order chi connectivity index (χ0) is 19.0. The van der Waals surface area contributed by atoms with Gasteiger partial charge >= 0.3 is 6.03 Å². The number of rotatable bonds is 3. The molecule has 4 rings (SSSR count). The lowest BCUT2D eigenvalue weighted by atomic mass is 9.92. The van der Waals surface area contributed by atoms with E-state index in [-0.39, 0.29) is 19.5 Å². The Labute approximate surface area is 160 Å². The third-order valence-electron chi connectivity index (χ3n) is 5.14. The zero-order valence-electron chi connectivity index (χ0n) is 16.0. The van der Waals surface area contributed by atoms with Gasteiger partial charge in [-0.3, -0.25) is 0 Å². The molecule has 0 aliphatic carbocycles. The first-order chi connectivity index (χ1) is 13.1. The number of H-pyrrole nitrogens is 1. The number of nitrogens with one attached hydrogen (secondary N) is 2. The van der Waals surface area contributed by atoms with E-state index in [9.17, 15) is 4.79 Å². The van der Waals surface area contributed by atoms with Gasteiger partial charge in [-0.15, -0.1) is 0 Å². The number of urea groups is 1. The number of benzene rings is 2. The molecule has 142 valence electrons. The average molecular weight is 365 g/mol. The highest BCUT2D eigenvalue weighted by atomic mass is 16.5. The van der Waals surface area contributed by atoms with Crippen LogP contribution >= 0.6 is 0 Å². The monoisotopic (exact) mass is 365 g/mol. The van der Waals surface area contributed by atoms with Gasteiger partial charge in [-0.25, -0.2) is 4.79 Å². The predicted molar refractivity (Wildman–Crippen MR) is 109 cm³/mol. The van der Waals surface area contributed by atoms with E-state index < -0.39 is 0 Å². The highest BCUT2D eigenvalue weighted by Crippen LogP contribution is 2.38. The molecule has 1 aliphatic heterocycles. The van der Waals surface area contributed by atoms with Crippen LogP contribution in [0.2, 0.25) is 0 Å². The highest BCUT2D eigenvalue weighted by Gasteiger charge is 2.34. The maximum atomic E-state index is 12.9. The summed E-state index contributed by atoms with van der Waals surface area (Å²) >= 11 is 0. The molecule has 0 fully saturated rings. The van der Waals surface area contributed by atoms with Gasteiger partial charge in [0.05, 0.1) is 13.2 Å². The summed E-state index contributed by atoms with van der Waals surface area (Å²) in [6, 6.07) is 16.2. The first kappa shape index (κ1) is 17.5. The molecule has 0 spiro atoms. The Balaban J connectivity index is 0.00000225. The Morgan fingerprint density at radius 1 is 1.22 bits per heavy atom. The van der Waals surface area contributed by atoms with Crippen molar-refractivity contribution in [3.8, 4) is 5.75 Å². The number of carbonyl (C=O) groups excluding carboxylic acids is 1. The lowest BCUT2D eigenvalue weighted by molar-refractivity contribution is 0.177. The summed E-state index contributed by atoms with van der Waals surface area (Å²) < 4.78 is 5.30. The molecule has 0 bridgehead atoms. The van der Waals surface area contributed by atoms with Crippen molar-refractivity contribution in [3.05, 3.63) is 65.4 Å². The van der Waals surface area contributed by atoms with Crippen molar-refractivity contribution in [2.45, 2.75) is 32.4 Å². The van der Waals surface area contributed by atoms with Gasteiger partial charge in [0.1, 0.15) is 5.75 Å². The van der Waals surface area contributed by atoms with Gasteiger partial charge in [0, 0.05) is 30.6 Å². The molecular weight excluding hydrogens is 338 g/mol. The van der Waals surface area contributed by atoms with Gasteiger partial charge < -0.3 is 19.9 Å². The second kappa shape index (κ2) is 6.99. The van der Waals surface area contributed by atoms with Crippen molar-refractivity contribution in [1.29, 1.82) is 0 Å². The van der Waals surface area contributed by atoms with Gasteiger partial charge in [0.15, 0.2) is 0 Å². The Hall–Kier alpha value is -2.95. The maximum absolute atomic E-state index is 12.9. The summed E-state index contributed by atoms with van der Waals surface area (Å²) in [5.74, 6) is 0.810. The van der Waals surface area contributed by atoms with Gasteiger partial charge in [-0.05, 0) is 49.6 Å². The molecule has 1 atom stereocenters. The molecule has 0 saturated carbocycles. The zero-order valence-corrected chi connectivity index (χ0v) is 16.0. The standard InChI is InChI=1S/C22H25N3O2.H2/c1-14(2)23-22(26)25-13-12-18-17-6-4-5-7-19(17)24-20(18)21(25)15-8-10-16(27-3)11-9-15;/h4-11,14,21,24H,12-13H2,1-3H3,(H,23,26);1H. The van der Waals surface area contributed by atoms with Crippen molar-refractivity contribution in [2.75, 3.05) is 13.7 Å². The first-order valence-electron chi connectivity index (χ1n) is 9.39. The summed E-state index contributed by atoms with van der Waals surface area (Å²) in [5, 5.41) is 4.29. The number of nitrogens with zero attached hydrogens (tertiary/aromatic N) is 1. The molecule has 1 aromatic heterocycles. The number of para-hydroxylation sites is 1. The van der Waals surface area contributed by atoms with Crippen molar-refractivity contribution in [1.82, 2.24) is 15.2 Å². The summed E-state index contributed by atoms with van der Waals surface area (Å²) in [7, 11) is 1.66. The van der Waals surface area contributed by atoms with Crippen LogP contribution in [0.15, 0.2) is 48.5 Å². The second-order valence-electron chi connectivity index (χ2n) is 7.29. The molecule has 0 radical (unpaired) electrons. The minimum atomic E-state index is -0.147. The lowest BCUT2D eigenvalue weighted by Gasteiger charge is -2.36. The topological polar surface area (TPSA) is 57.4 Å². The summed E-state index contributed by atoms with van der Waals surface area (Å²) in [6.07, 6.45) is 0.845. The van der Waals surface area contributed by atoms with Crippen LogP contribution in [-0.4, -0.2) is 35.6 Å². The van der Waals surface area contributed by atoms with E-state index in [2.05, 4.69) is 28.5 Å². The molecule has 3 aromatic rings. The molecule has 1 unspecified atom stereocenters. The normalized spacial score (nSPS) is 16.4. The number of aromatic nitrogens is 1. The minimum absolute atomic E-state index is 0. The third kappa shape index (κ3) is 3.14. The fourth-order valence-electron chi connectivity index (χ4n) is 3.92. The van der Waals surface area contributed by atoms with Crippen LogP contribution in [0.1, 0.15) is 38.1 Å². The quantitative estimate of drug-likeness (QED) is 0.718. The number of hydrogen-bond acceptors (Lipinski definition) is 2. The van der Waals surface area contributed by atoms with Crippen LogP contribution in [0.3, 0.4) is 0 Å². The van der Waals surface area contributed by atoms with Crippen molar-refractivity contribution < 1.29 is 11.0 Å². The molecule has 2 N–H and O–H groups in total. The highest BCUT2D eigenvalue weighted by molar-refractivity contribution is 5.86. The van der Waals surface area contributed by atoms with Crippen molar-refractivity contribution in [2.24, 2.45) is 0 Å². The predicted octanol–water partition coefficient (Wildman–Crippen LogP) is 4.49. The third-order valence-corrected chi connectivity index (χ3v) is 5.14. The Morgan fingerprint density at radius 3 is 2.67 bits per heavy atom. The van der Waals surface area contributed by atoms with Gasteiger partial charge in [-0.1, -0.05) is 30.3 Å².